The van der Waals surface area contributed by atoms with Crippen LogP contribution in [0.3, 0.4) is 0 Å². The van der Waals surface area contributed by atoms with Crippen LogP contribution in [-0.4, -0.2) is 59.9 Å². The molecule has 0 amide bonds. The number of aliphatic hydroxyl groups is 1. The predicted octanol–water partition coefficient (Wildman–Crippen LogP) is 14.6. The van der Waals surface area contributed by atoms with Crippen molar-refractivity contribution < 1.29 is 24.2 Å². The van der Waals surface area contributed by atoms with Crippen LogP contribution in [0.5, 0.6) is 0 Å². The second-order valence-corrected chi connectivity index (χ2v) is 17.4. The maximum Gasteiger partial charge on any atom is 0.306 e. The van der Waals surface area contributed by atoms with Crippen molar-refractivity contribution in [3.63, 3.8) is 0 Å². The second kappa shape index (κ2) is 41.0. The minimum atomic E-state index is -0.302. The molecule has 2 atom stereocenters. The zero-order chi connectivity index (χ0) is 40.5. The lowest BCUT2D eigenvalue weighted by Crippen LogP contribution is -2.31. The SMILES string of the molecule is CCCCCCCCCC(CCCCCCCC)OC(=O)CCCCCCCN(CCO)CCCCCCCC(=O)OC(C)(CCC)CCCCCCCC. The minimum absolute atomic E-state index is 0.0155. The van der Waals surface area contributed by atoms with Crippen LogP contribution in [0, 0.1) is 0 Å². The van der Waals surface area contributed by atoms with Gasteiger partial charge in [-0.15, -0.1) is 0 Å². The molecule has 6 heteroatoms. The number of aliphatic hydroxyl groups excluding tert-OH is 1. The molecule has 0 radical (unpaired) electrons. The third kappa shape index (κ3) is 36.9. The van der Waals surface area contributed by atoms with E-state index in [0.29, 0.717) is 12.8 Å². The summed E-state index contributed by atoms with van der Waals surface area (Å²) < 4.78 is 12.1. The van der Waals surface area contributed by atoms with Gasteiger partial charge in [0.1, 0.15) is 11.7 Å². The van der Waals surface area contributed by atoms with Gasteiger partial charge in [-0.25, -0.2) is 0 Å². The van der Waals surface area contributed by atoms with Crippen LogP contribution >= 0.6 is 0 Å². The topological polar surface area (TPSA) is 76.1 Å². The van der Waals surface area contributed by atoms with Crippen LogP contribution < -0.4 is 0 Å². The Morgan fingerprint density at radius 3 is 1.33 bits per heavy atom. The van der Waals surface area contributed by atoms with Crippen molar-refractivity contribution >= 4 is 11.9 Å². The van der Waals surface area contributed by atoms with Gasteiger partial charge in [-0.2, -0.15) is 0 Å². The van der Waals surface area contributed by atoms with Crippen LogP contribution in [0.1, 0.15) is 266 Å². The Morgan fingerprint density at radius 1 is 0.473 bits per heavy atom. The molecule has 6 nitrogen and oxygen atoms in total. The molecule has 0 heterocycles. The monoisotopic (exact) mass is 780 g/mol. The van der Waals surface area contributed by atoms with Crippen molar-refractivity contribution in [2.24, 2.45) is 0 Å². The smallest absolute Gasteiger partial charge is 0.306 e. The van der Waals surface area contributed by atoms with Gasteiger partial charge >= 0.3 is 11.9 Å². The first-order chi connectivity index (χ1) is 26.8. The van der Waals surface area contributed by atoms with Crippen LogP contribution in [0.4, 0.5) is 0 Å². The molecule has 0 aliphatic rings. The second-order valence-electron chi connectivity index (χ2n) is 17.4. The number of carbonyl (C=O) groups excluding carboxylic acids is 2. The van der Waals surface area contributed by atoms with Gasteiger partial charge < -0.3 is 19.5 Å². The summed E-state index contributed by atoms with van der Waals surface area (Å²) in [6.07, 6.45) is 41.6. The maximum atomic E-state index is 12.8. The fourth-order valence-electron chi connectivity index (χ4n) is 8.10. The van der Waals surface area contributed by atoms with E-state index < -0.39 is 0 Å². The molecule has 0 fully saturated rings. The van der Waals surface area contributed by atoms with Gasteiger partial charge in [-0.1, -0.05) is 175 Å². The highest BCUT2D eigenvalue weighted by Crippen LogP contribution is 2.27. The zero-order valence-electron chi connectivity index (χ0n) is 37.9. The number of unbranched alkanes of at least 4 members (excludes halogenated alkanes) is 24. The molecular formula is C49H97NO5. The summed E-state index contributed by atoms with van der Waals surface area (Å²) in [5, 5.41) is 9.62. The number of nitrogens with zero attached hydrogens (tertiary/aromatic N) is 1. The maximum absolute atomic E-state index is 12.8. The Kier molecular flexibility index (Phi) is 40.2. The number of hydrogen-bond donors (Lipinski definition) is 1. The number of ether oxygens (including phenoxy) is 2. The predicted molar refractivity (Wildman–Crippen MR) is 237 cm³/mol. The van der Waals surface area contributed by atoms with Crippen molar-refractivity contribution in [2.75, 3.05) is 26.2 Å². The van der Waals surface area contributed by atoms with E-state index in [-0.39, 0.29) is 30.3 Å². The fourth-order valence-corrected chi connectivity index (χ4v) is 8.10. The summed E-state index contributed by atoms with van der Waals surface area (Å²) in [7, 11) is 0. The van der Waals surface area contributed by atoms with Gasteiger partial charge in [-0.05, 0) is 90.6 Å². The Hall–Kier alpha value is -1.14. The van der Waals surface area contributed by atoms with E-state index in [0.717, 1.165) is 116 Å². The van der Waals surface area contributed by atoms with E-state index in [4.69, 9.17) is 9.47 Å². The number of hydrogen-bond acceptors (Lipinski definition) is 6. The molecule has 328 valence electrons. The lowest BCUT2D eigenvalue weighted by molar-refractivity contribution is -0.160. The summed E-state index contributed by atoms with van der Waals surface area (Å²) in [4.78, 5) is 27.8. The molecule has 0 aromatic heterocycles. The van der Waals surface area contributed by atoms with Gasteiger partial charge in [-0.3, -0.25) is 9.59 Å². The first-order valence-electron chi connectivity index (χ1n) is 24.6. The van der Waals surface area contributed by atoms with Crippen molar-refractivity contribution in [2.45, 2.75) is 277 Å². The van der Waals surface area contributed by atoms with Crippen LogP contribution in [0.2, 0.25) is 0 Å². The lowest BCUT2D eigenvalue weighted by atomic mass is 9.92. The lowest BCUT2D eigenvalue weighted by Gasteiger charge is -2.29. The van der Waals surface area contributed by atoms with Gasteiger partial charge in [0.15, 0.2) is 0 Å². The van der Waals surface area contributed by atoms with Gasteiger partial charge in [0.25, 0.3) is 0 Å². The summed E-state index contributed by atoms with van der Waals surface area (Å²) in [5.41, 5.74) is -0.302. The molecule has 0 aromatic rings. The van der Waals surface area contributed by atoms with E-state index in [9.17, 15) is 14.7 Å². The zero-order valence-corrected chi connectivity index (χ0v) is 37.9. The highest BCUT2D eigenvalue weighted by Gasteiger charge is 2.27. The van der Waals surface area contributed by atoms with Crippen molar-refractivity contribution in [3.8, 4) is 0 Å². The van der Waals surface area contributed by atoms with E-state index in [2.05, 4.69) is 39.5 Å². The number of rotatable bonds is 44. The van der Waals surface area contributed by atoms with E-state index in [1.807, 2.05) is 0 Å². The third-order valence-corrected chi connectivity index (χ3v) is 11.6. The first-order valence-corrected chi connectivity index (χ1v) is 24.6. The first kappa shape index (κ1) is 53.9. The Bertz CT molecular complexity index is 821. The van der Waals surface area contributed by atoms with Crippen LogP contribution in [0.15, 0.2) is 0 Å². The van der Waals surface area contributed by atoms with Crippen LogP contribution in [0.25, 0.3) is 0 Å². The molecule has 0 aliphatic heterocycles. The largest absolute Gasteiger partial charge is 0.462 e. The Morgan fingerprint density at radius 2 is 0.873 bits per heavy atom. The number of carbonyl (C=O) groups is 2. The standard InChI is InChI=1S/C49H97NO5/c1-6-10-13-16-19-23-30-37-46(36-29-22-17-14-11-7-2)54-47(52)38-31-24-20-27-34-42-50(44-45-51)43-35-28-21-25-32-39-48(53)55-49(5,40-9-4)41-33-26-18-15-12-8-3/h46,51H,6-45H2,1-5H3. The summed E-state index contributed by atoms with van der Waals surface area (Å²) >= 11 is 0. The third-order valence-electron chi connectivity index (χ3n) is 11.6. The summed E-state index contributed by atoms with van der Waals surface area (Å²) in [6, 6.07) is 0. The van der Waals surface area contributed by atoms with E-state index >= 15 is 0 Å². The van der Waals surface area contributed by atoms with Crippen molar-refractivity contribution in [1.82, 2.24) is 4.90 Å². The highest BCUT2D eigenvalue weighted by atomic mass is 16.6. The van der Waals surface area contributed by atoms with Gasteiger partial charge in [0.2, 0.25) is 0 Å². The van der Waals surface area contributed by atoms with E-state index in [1.165, 1.54) is 122 Å². The molecular weight excluding hydrogens is 683 g/mol. The van der Waals surface area contributed by atoms with E-state index in [1.54, 1.807) is 0 Å². The fraction of sp³-hybridized carbons (Fsp3) is 0.959. The molecule has 0 spiro atoms. The molecule has 55 heavy (non-hydrogen) atoms. The van der Waals surface area contributed by atoms with Gasteiger partial charge in [0, 0.05) is 19.4 Å². The van der Waals surface area contributed by atoms with Crippen molar-refractivity contribution in [3.05, 3.63) is 0 Å². The molecule has 0 saturated carbocycles. The molecule has 0 rings (SSSR count). The molecule has 1 N–H and O–H groups in total. The minimum Gasteiger partial charge on any atom is -0.462 e. The molecule has 2 unspecified atom stereocenters. The molecule has 0 saturated heterocycles. The normalized spacial score (nSPS) is 13.3. The van der Waals surface area contributed by atoms with Crippen LogP contribution in [-0.2, 0) is 19.1 Å². The molecule has 0 aliphatic carbocycles. The summed E-state index contributed by atoms with van der Waals surface area (Å²) in [6.45, 7) is 14.1. The Labute approximate surface area is 343 Å². The van der Waals surface area contributed by atoms with Crippen molar-refractivity contribution in [1.29, 1.82) is 0 Å². The molecule has 0 aromatic carbocycles. The summed E-state index contributed by atoms with van der Waals surface area (Å²) in [5.74, 6) is -0.000685. The van der Waals surface area contributed by atoms with Gasteiger partial charge in [0.05, 0.1) is 6.61 Å². The average Bonchev–Trinajstić information content (AvgIpc) is 3.16. The Balaban J connectivity index is 4.16. The average molecular weight is 780 g/mol. The quantitative estimate of drug-likeness (QED) is 0.0490. The molecule has 0 bridgehead atoms. The number of esters is 2. The highest BCUT2D eigenvalue weighted by molar-refractivity contribution is 5.70.